The van der Waals surface area contributed by atoms with E-state index in [4.69, 9.17) is 6.42 Å². The normalized spacial score (nSPS) is 19.4. The third-order valence-corrected chi connectivity index (χ3v) is 2.27. The Morgan fingerprint density at radius 1 is 1.23 bits per heavy atom. The van der Waals surface area contributed by atoms with Crippen LogP contribution in [0.3, 0.4) is 0 Å². The highest BCUT2D eigenvalue weighted by atomic mass is 16.2. The minimum absolute atomic E-state index is 0.270. The number of imide groups is 1. The van der Waals surface area contributed by atoms with Crippen molar-refractivity contribution >= 4 is 11.8 Å². The van der Waals surface area contributed by atoms with E-state index in [1.54, 1.807) is 20.8 Å². The van der Waals surface area contributed by atoms with E-state index in [2.05, 4.69) is 5.92 Å². The molecule has 0 fully saturated rings. The monoisotopic (exact) mass is 177 g/mol. The number of nitrogens with zero attached hydrogens (tertiary/aromatic N) is 1. The summed E-state index contributed by atoms with van der Waals surface area (Å²) in [6, 6.07) is -0.465. The molecule has 3 heteroatoms. The molecule has 0 aromatic rings. The van der Waals surface area contributed by atoms with Crippen molar-refractivity contribution in [3.8, 4) is 12.3 Å². The van der Waals surface area contributed by atoms with Crippen LogP contribution in [0.15, 0.2) is 11.1 Å². The highest BCUT2D eigenvalue weighted by Crippen LogP contribution is 2.21. The Hall–Kier alpha value is -1.56. The van der Waals surface area contributed by atoms with E-state index in [1.165, 1.54) is 0 Å². The van der Waals surface area contributed by atoms with Crippen LogP contribution in [0.1, 0.15) is 20.8 Å². The van der Waals surface area contributed by atoms with Crippen molar-refractivity contribution in [2.75, 3.05) is 0 Å². The van der Waals surface area contributed by atoms with Gasteiger partial charge in [-0.1, -0.05) is 5.92 Å². The summed E-state index contributed by atoms with van der Waals surface area (Å²) in [5.74, 6) is 1.83. The fourth-order valence-electron chi connectivity index (χ4n) is 1.20. The number of carbonyl (C=O) groups excluding carboxylic acids is 2. The topological polar surface area (TPSA) is 37.4 Å². The second-order valence-electron chi connectivity index (χ2n) is 3.07. The van der Waals surface area contributed by atoms with Gasteiger partial charge in [0.1, 0.15) is 0 Å². The zero-order chi connectivity index (χ0) is 10.2. The molecule has 0 aromatic heterocycles. The maximum Gasteiger partial charge on any atom is 0.257 e. The lowest BCUT2D eigenvalue weighted by Crippen LogP contribution is -2.38. The van der Waals surface area contributed by atoms with Gasteiger partial charge < -0.3 is 0 Å². The standard InChI is InChI=1S/C10H11NO2/c1-5-6(2)11-9(12)7(3)8(4)10(11)13/h1,6H,2-4H3. The van der Waals surface area contributed by atoms with Gasteiger partial charge in [-0.25, -0.2) is 0 Å². The van der Waals surface area contributed by atoms with Crippen molar-refractivity contribution in [1.29, 1.82) is 0 Å². The molecule has 1 rings (SSSR count). The lowest BCUT2D eigenvalue weighted by molar-refractivity contribution is -0.138. The van der Waals surface area contributed by atoms with E-state index in [0.29, 0.717) is 11.1 Å². The summed E-state index contributed by atoms with van der Waals surface area (Å²) < 4.78 is 0. The Morgan fingerprint density at radius 3 is 1.92 bits per heavy atom. The third kappa shape index (κ3) is 1.25. The smallest absolute Gasteiger partial charge is 0.257 e. The van der Waals surface area contributed by atoms with Gasteiger partial charge in [-0.15, -0.1) is 6.42 Å². The molecular weight excluding hydrogens is 166 g/mol. The van der Waals surface area contributed by atoms with Crippen LogP contribution in [0.25, 0.3) is 0 Å². The van der Waals surface area contributed by atoms with Gasteiger partial charge in [0.25, 0.3) is 11.8 Å². The number of carbonyl (C=O) groups is 2. The first-order valence-electron chi connectivity index (χ1n) is 4.02. The summed E-state index contributed by atoms with van der Waals surface area (Å²) in [4.78, 5) is 24.1. The fraction of sp³-hybridized carbons (Fsp3) is 0.400. The first kappa shape index (κ1) is 9.53. The lowest BCUT2D eigenvalue weighted by atomic mass is 10.2. The molecule has 68 valence electrons. The maximum absolute atomic E-state index is 11.5. The Morgan fingerprint density at radius 2 is 1.62 bits per heavy atom. The van der Waals surface area contributed by atoms with Gasteiger partial charge in [-0.3, -0.25) is 14.5 Å². The highest BCUT2D eigenvalue weighted by Gasteiger charge is 2.35. The Bertz CT molecular complexity index is 322. The van der Waals surface area contributed by atoms with Gasteiger partial charge in [0.15, 0.2) is 0 Å². The van der Waals surface area contributed by atoms with Crippen LogP contribution >= 0.6 is 0 Å². The van der Waals surface area contributed by atoms with Crippen molar-refractivity contribution in [3.63, 3.8) is 0 Å². The largest absolute Gasteiger partial charge is 0.269 e. The van der Waals surface area contributed by atoms with Crippen LogP contribution in [0.4, 0.5) is 0 Å². The Labute approximate surface area is 77.4 Å². The predicted octanol–water partition coefficient (Wildman–Crippen LogP) is 0.713. The van der Waals surface area contributed by atoms with Crippen molar-refractivity contribution < 1.29 is 9.59 Å². The first-order chi connectivity index (χ1) is 6.00. The molecule has 0 saturated heterocycles. The molecule has 0 saturated carbocycles. The van der Waals surface area contributed by atoms with Crippen molar-refractivity contribution in [1.82, 2.24) is 4.90 Å². The summed E-state index contributed by atoms with van der Waals surface area (Å²) in [6.07, 6.45) is 5.15. The number of hydrogen-bond donors (Lipinski definition) is 0. The average Bonchev–Trinajstić information content (AvgIpc) is 2.30. The van der Waals surface area contributed by atoms with Crippen molar-refractivity contribution in [3.05, 3.63) is 11.1 Å². The molecule has 3 nitrogen and oxygen atoms in total. The van der Waals surface area contributed by atoms with Crippen LogP contribution in [0.2, 0.25) is 0 Å². The van der Waals surface area contributed by atoms with Crippen molar-refractivity contribution in [2.45, 2.75) is 26.8 Å². The lowest BCUT2D eigenvalue weighted by Gasteiger charge is -2.17. The molecular formula is C10H11NO2. The summed E-state index contributed by atoms with van der Waals surface area (Å²) in [6.45, 7) is 4.93. The minimum atomic E-state index is -0.465. The Balaban J connectivity index is 3.06. The number of hydrogen-bond acceptors (Lipinski definition) is 2. The van der Waals surface area contributed by atoms with E-state index < -0.39 is 6.04 Å². The second-order valence-corrected chi connectivity index (χ2v) is 3.07. The average molecular weight is 177 g/mol. The van der Waals surface area contributed by atoms with Crippen LogP contribution in [0.5, 0.6) is 0 Å². The van der Waals surface area contributed by atoms with Crippen LogP contribution in [-0.4, -0.2) is 22.8 Å². The fourth-order valence-corrected chi connectivity index (χ4v) is 1.20. The zero-order valence-electron chi connectivity index (χ0n) is 7.92. The highest BCUT2D eigenvalue weighted by molar-refractivity contribution is 6.19. The van der Waals surface area contributed by atoms with Crippen LogP contribution < -0.4 is 0 Å². The molecule has 1 aliphatic heterocycles. The van der Waals surface area contributed by atoms with E-state index >= 15 is 0 Å². The summed E-state index contributed by atoms with van der Waals surface area (Å²) >= 11 is 0. The predicted molar refractivity (Wildman–Crippen MR) is 48.5 cm³/mol. The molecule has 0 N–H and O–H groups in total. The maximum atomic E-state index is 11.5. The van der Waals surface area contributed by atoms with Crippen molar-refractivity contribution in [2.24, 2.45) is 0 Å². The third-order valence-electron chi connectivity index (χ3n) is 2.27. The molecule has 1 aliphatic rings. The van der Waals surface area contributed by atoms with Gasteiger partial charge in [-0.05, 0) is 20.8 Å². The van der Waals surface area contributed by atoms with E-state index in [0.717, 1.165) is 4.90 Å². The molecule has 0 aromatic carbocycles. The molecule has 2 amide bonds. The molecule has 13 heavy (non-hydrogen) atoms. The van der Waals surface area contributed by atoms with Gasteiger partial charge in [0.2, 0.25) is 0 Å². The van der Waals surface area contributed by atoms with Gasteiger partial charge in [0, 0.05) is 11.1 Å². The van der Waals surface area contributed by atoms with E-state index in [9.17, 15) is 9.59 Å². The number of amides is 2. The molecule has 0 aliphatic carbocycles. The van der Waals surface area contributed by atoms with Gasteiger partial charge in [0.05, 0.1) is 6.04 Å². The molecule has 1 heterocycles. The van der Waals surface area contributed by atoms with Gasteiger partial charge >= 0.3 is 0 Å². The summed E-state index contributed by atoms with van der Waals surface area (Å²) in [5.41, 5.74) is 0.985. The second kappa shape index (κ2) is 3.06. The molecule has 0 bridgehead atoms. The summed E-state index contributed by atoms with van der Waals surface area (Å²) in [5, 5.41) is 0. The van der Waals surface area contributed by atoms with Crippen LogP contribution in [-0.2, 0) is 9.59 Å². The molecule has 0 spiro atoms. The summed E-state index contributed by atoms with van der Waals surface area (Å²) in [7, 11) is 0. The zero-order valence-corrected chi connectivity index (χ0v) is 7.92. The van der Waals surface area contributed by atoms with E-state index in [-0.39, 0.29) is 11.8 Å². The quantitative estimate of drug-likeness (QED) is 0.437. The first-order valence-corrected chi connectivity index (χ1v) is 4.02. The van der Waals surface area contributed by atoms with Gasteiger partial charge in [-0.2, -0.15) is 0 Å². The number of rotatable bonds is 1. The molecule has 1 atom stereocenters. The Kier molecular flexibility index (Phi) is 2.24. The number of terminal acetylenes is 1. The van der Waals surface area contributed by atoms with Crippen LogP contribution in [0, 0.1) is 12.3 Å². The molecule has 0 radical (unpaired) electrons. The SMILES string of the molecule is C#CC(C)N1C(=O)C(C)=C(C)C1=O. The minimum Gasteiger partial charge on any atom is -0.269 e. The van der Waals surface area contributed by atoms with E-state index in [1.807, 2.05) is 0 Å². The molecule has 1 unspecified atom stereocenters.